The highest BCUT2D eigenvalue weighted by Gasteiger charge is 2.29. The molecule has 0 radical (unpaired) electrons. The third-order valence-corrected chi connectivity index (χ3v) is 3.95. The summed E-state index contributed by atoms with van der Waals surface area (Å²) in [6, 6.07) is 4.86. The topological polar surface area (TPSA) is 78.1 Å². The molecule has 0 aromatic carbocycles. The van der Waals surface area contributed by atoms with Crippen LogP contribution in [0.25, 0.3) is 5.52 Å². The number of carbonyl (C=O) groups is 1. The van der Waals surface area contributed by atoms with Gasteiger partial charge in [0.1, 0.15) is 5.82 Å². The number of aromatic nitrogens is 2. The van der Waals surface area contributed by atoms with E-state index in [2.05, 4.69) is 16.8 Å². The highest BCUT2D eigenvalue weighted by molar-refractivity contribution is 5.93. The number of likely N-dealkylation sites (N-methyl/N-ethyl adjacent to an activating group) is 1. The van der Waals surface area contributed by atoms with Crippen LogP contribution in [0.1, 0.15) is 35.6 Å². The molecule has 6 heteroatoms. The molecule has 106 valence electrons. The van der Waals surface area contributed by atoms with Crippen LogP contribution < -0.4 is 0 Å². The SMILES string of the molecule is CCN1CCC(c2nc(C(=O)O)c3cccc(O)n23)C1. The Kier molecular flexibility index (Phi) is 3.10. The van der Waals surface area contributed by atoms with Crippen LogP contribution in [0.3, 0.4) is 0 Å². The molecule has 1 aliphatic rings. The van der Waals surface area contributed by atoms with Crippen molar-refractivity contribution < 1.29 is 15.0 Å². The zero-order valence-electron chi connectivity index (χ0n) is 11.3. The lowest BCUT2D eigenvalue weighted by Gasteiger charge is -2.12. The number of imidazole rings is 1. The van der Waals surface area contributed by atoms with Crippen molar-refractivity contribution in [2.24, 2.45) is 0 Å². The standard InChI is InChI=1S/C14H17N3O3/c1-2-16-7-6-9(8-16)13-15-12(14(19)20)10-4-3-5-11(18)17(10)13/h3-5,9,18H,2,6-8H2,1H3,(H,19,20). The van der Waals surface area contributed by atoms with Crippen molar-refractivity contribution in [3.05, 3.63) is 29.7 Å². The van der Waals surface area contributed by atoms with Crippen molar-refractivity contribution in [3.8, 4) is 5.88 Å². The van der Waals surface area contributed by atoms with Gasteiger partial charge in [-0.3, -0.25) is 4.40 Å². The van der Waals surface area contributed by atoms with E-state index >= 15 is 0 Å². The number of carboxylic acid groups (broad SMARTS) is 1. The summed E-state index contributed by atoms with van der Waals surface area (Å²) in [4.78, 5) is 17.9. The van der Waals surface area contributed by atoms with Crippen LogP contribution in [0.5, 0.6) is 5.88 Å². The number of likely N-dealkylation sites (tertiary alicyclic amines) is 1. The van der Waals surface area contributed by atoms with Gasteiger partial charge in [-0.2, -0.15) is 0 Å². The van der Waals surface area contributed by atoms with Gasteiger partial charge in [-0.05, 0) is 31.6 Å². The Morgan fingerprint density at radius 1 is 1.50 bits per heavy atom. The normalized spacial score (nSPS) is 19.8. The number of hydrogen-bond acceptors (Lipinski definition) is 4. The summed E-state index contributed by atoms with van der Waals surface area (Å²) in [7, 11) is 0. The molecule has 1 saturated heterocycles. The lowest BCUT2D eigenvalue weighted by Crippen LogP contribution is -2.19. The zero-order chi connectivity index (χ0) is 14.3. The predicted molar refractivity (Wildman–Crippen MR) is 73.3 cm³/mol. The number of nitrogens with zero attached hydrogens (tertiary/aromatic N) is 3. The van der Waals surface area contributed by atoms with Gasteiger partial charge in [0.05, 0.1) is 5.52 Å². The van der Waals surface area contributed by atoms with Gasteiger partial charge in [-0.25, -0.2) is 9.78 Å². The largest absolute Gasteiger partial charge is 0.494 e. The Labute approximate surface area is 116 Å². The maximum Gasteiger partial charge on any atom is 0.356 e. The molecule has 1 fully saturated rings. The maximum absolute atomic E-state index is 11.3. The van der Waals surface area contributed by atoms with Crippen molar-refractivity contribution in [3.63, 3.8) is 0 Å². The Balaban J connectivity index is 2.13. The van der Waals surface area contributed by atoms with E-state index in [4.69, 9.17) is 0 Å². The third-order valence-electron chi connectivity index (χ3n) is 3.95. The second kappa shape index (κ2) is 4.79. The highest BCUT2D eigenvalue weighted by Crippen LogP contribution is 2.30. The molecule has 0 aliphatic carbocycles. The maximum atomic E-state index is 11.3. The molecule has 6 nitrogen and oxygen atoms in total. The zero-order valence-corrected chi connectivity index (χ0v) is 11.3. The van der Waals surface area contributed by atoms with Gasteiger partial charge >= 0.3 is 5.97 Å². The molecule has 2 aromatic heterocycles. The summed E-state index contributed by atoms with van der Waals surface area (Å²) in [5.41, 5.74) is 0.452. The van der Waals surface area contributed by atoms with Gasteiger partial charge in [0.15, 0.2) is 11.6 Å². The van der Waals surface area contributed by atoms with Crippen LogP contribution in [0.15, 0.2) is 18.2 Å². The number of aromatic carboxylic acids is 1. The van der Waals surface area contributed by atoms with E-state index in [1.54, 1.807) is 22.6 Å². The first-order valence-corrected chi connectivity index (χ1v) is 6.77. The third kappa shape index (κ3) is 1.92. The summed E-state index contributed by atoms with van der Waals surface area (Å²) < 4.78 is 1.56. The second-order valence-corrected chi connectivity index (χ2v) is 5.11. The minimum absolute atomic E-state index is 0.00542. The molecule has 2 N–H and O–H groups in total. The Bertz CT molecular complexity index is 665. The Morgan fingerprint density at radius 2 is 2.30 bits per heavy atom. The molecule has 3 heterocycles. The van der Waals surface area contributed by atoms with Gasteiger partial charge < -0.3 is 15.1 Å². The van der Waals surface area contributed by atoms with Crippen LogP contribution in [0.2, 0.25) is 0 Å². The first-order chi connectivity index (χ1) is 9.61. The van der Waals surface area contributed by atoms with Crippen LogP contribution in [0, 0.1) is 0 Å². The quantitative estimate of drug-likeness (QED) is 0.888. The fraction of sp³-hybridized carbons (Fsp3) is 0.429. The fourth-order valence-electron chi connectivity index (χ4n) is 2.91. The number of pyridine rings is 1. The highest BCUT2D eigenvalue weighted by atomic mass is 16.4. The molecule has 2 aromatic rings. The minimum Gasteiger partial charge on any atom is -0.494 e. The van der Waals surface area contributed by atoms with Crippen molar-refractivity contribution in [2.75, 3.05) is 19.6 Å². The van der Waals surface area contributed by atoms with Crippen LogP contribution in [0.4, 0.5) is 0 Å². The van der Waals surface area contributed by atoms with E-state index in [0.717, 1.165) is 26.1 Å². The average molecular weight is 275 g/mol. The molecule has 20 heavy (non-hydrogen) atoms. The van der Waals surface area contributed by atoms with Gasteiger partial charge in [0.25, 0.3) is 0 Å². The average Bonchev–Trinajstić information content (AvgIpc) is 3.02. The molecule has 3 rings (SSSR count). The van der Waals surface area contributed by atoms with E-state index in [1.807, 2.05) is 0 Å². The first kappa shape index (κ1) is 12.9. The van der Waals surface area contributed by atoms with E-state index in [-0.39, 0.29) is 17.5 Å². The van der Waals surface area contributed by atoms with Crippen molar-refractivity contribution in [2.45, 2.75) is 19.3 Å². The molecule has 0 amide bonds. The molecule has 0 bridgehead atoms. The number of hydrogen-bond donors (Lipinski definition) is 2. The molecular formula is C14H17N3O3. The van der Waals surface area contributed by atoms with Crippen LogP contribution in [-0.2, 0) is 0 Å². The smallest absolute Gasteiger partial charge is 0.356 e. The van der Waals surface area contributed by atoms with E-state index in [0.29, 0.717) is 11.3 Å². The number of rotatable bonds is 3. The fourth-order valence-corrected chi connectivity index (χ4v) is 2.91. The van der Waals surface area contributed by atoms with E-state index in [9.17, 15) is 15.0 Å². The summed E-state index contributed by atoms with van der Waals surface area (Å²) in [5.74, 6) is -0.229. The summed E-state index contributed by atoms with van der Waals surface area (Å²) in [6.45, 7) is 4.90. The van der Waals surface area contributed by atoms with Gasteiger partial charge in [-0.1, -0.05) is 13.0 Å². The second-order valence-electron chi connectivity index (χ2n) is 5.11. The summed E-state index contributed by atoms with van der Waals surface area (Å²) in [5, 5.41) is 19.3. The first-order valence-electron chi connectivity index (χ1n) is 6.77. The lowest BCUT2D eigenvalue weighted by molar-refractivity contribution is 0.0693. The molecule has 1 aliphatic heterocycles. The molecule has 1 atom stereocenters. The van der Waals surface area contributed by atoms with Gasteiger partial charge in [-0.15, -0.1) is 0 Å². The number of fused-ring (bicyclic) bond motifs is 1. The van der Waals surface area contributed by atoms with Gasteiger partial charge in [0.2, 0.25) is 0 Å². The van der Waals surface area contributed by atoms with E-state index in [1.165, 1.54) is 0 Å². The number of carboxylic acids is 1. The summed E-state index contributed by atoms with van der Waals surface area (Å²) >= 11 is 0. The molecule has 1 unspecified atom stereocenters. The van der Waals surface area contributed by atoms with E-state index < -0.39 is 5.97 Å². The Morgan fingerprint density at radius 3 is 2.95 bits per heavy atom. The predicted octanol–water partition coefficient (Wildman–Crippen LogP) is 1.55. The van der Waals surface area contributed by atoms with Crippen molar-refractivity contribution in [1.29, 1.82) is 0 Å². The molecular weight excluding hydrogens is 258 g/mol. The summed E-state index contributed by atoms with van der Waals surface area (Å²) in [6.07, 6.45) is 0.931. The van der Waals surface area contributed by atoms with Crippen molar-refractivity contribution >= 4 is 11.5 Å². The Hall–Kier alpha value is -2.08. The van der Waals surface area contributed by atoms with Gasteiger partial charge in [0, 0.05) is 12.5 Å². The lowest BCUT2D eigenvalue weighted by atomic mass is 10.1. The van der Waals surface area contributed by atoms with Crippen LogP contribution in [-0.4, -0.2) is 50.1 Å². The van der Waals surface area contributed by atoms with Crippen LogP contribution >= 0.6 is 0 Å². The monoisotopic (exact) mass is 275 g/mol. The van der Waals surface area contributed by atoms with Crippen molar-refractivity contribution in [1.82, 2.24) is 14.3 Å². The molecule has 0 saturated carbocycles. The molecule has 0 spiro atoms. The minimum atomic E-state index is -1.07. The number of aromatic hydroxyl groups is 1.